The number of halogens is 5. The van der Waals surface area contributed by atoms with Crippen LogP contribution in [0.1, 0.15) is 12.0 Å². The molecule has 0 radical (unpaired) electrons. The predicted octanol–water partition coefficient (Wildman–Crippen LogP) is 3.75. The number of nitrogens with zero attached hydrogens (tertiary/aromatic N) is 4. The smallest absolute Gasteiger partial charge is 0.411 e. The minimum Gasteiger partial charge on any atom is -0.480 e. The number of pyridine rings is 1. The zero-order chi connectivity index (χ0) is 23.8. The summed E-state index contributed by atoms with van der Waals surface area (Å²) in [6.07, 6.45) is -2.97. The molecule has 174 valence electrons. The fourth-order valence-electron chi connectivity index (χ4n) is 3.49. The lowest BCUT2D eigenvalue weighted by Gasteiger charge is -2.38. The molecule has 33 heavy (non-hydrogen) atoms. The van der Waals surface area contributed by atoms with Gasteiger partial charge in [-0.2, -0.15) is 13.2 Å². The van der Waals surface area contributed by atoms with Crippen LogP contribution in [0, 0.1) is 5.82 Å². The largest absolute Gasteiger partial charge is 0.480 e. The lowest BCUT2D eigenvalue weighted by Crippen LogP contribution is -2.48. The van der Waals surface area contributed by atoms with Crippen molar-refractivity contribution >= 4 is 28.6 Å². The molecule has 8 nitrogen and oxygen atoms in total. The van der Waals surface area contributed by atoms with Gasteiger partial charge in [0.1, 0.15) is 18.0 Å². The fourth-order valence-corrected chi connectivity index (χ4v) is 3.49. The van der Waals surface area contributed by atoms with E-state index in [9.17, 15) is 22.0 Å². The number of amidine groups is 1. The summed E-state index contributed by atoms with van der Waals surface area (Å²) in [6, 6.07) is 1.80. The summed E-state index contributed by atoms with van der Waals surface area (Å²) in [6.45, 7) is -1.46. The molecule has 3 aromatic rings. The highest BCUT2D eigenvalue weighted by molar-refractivity contribution is 5.87. The van der Waals surface area contributed by atoms with Gasteiger partial charge in [0.15, 0.2) is 17.5 Å². The van der Waals surface area contributed by atoms with Crippen LogP contribution in [0.5, 0.6) is 5.88 Å². The first-order chi connectivity index (χ1) is 15.6. The summed E-state index contributed by atoms with van der Waals surface area (Å²) in [5.74, 6) is -0.459. The first-order valence-electron chi connectivity index (χ1n) is 9.53. The first kappa shape index (κ1) is 22.4. The van der Waals surface area contributed by atoms with Crippen LogP contribution in [0.2, 0.25) is 0 Å². The van der Waals surface area contributed by atoms with Gasteiger partial charge in [0.2, 0.25) is 5.88 Å². The molecule has 1 aliphatic rings. The number of anilines is 2. The van der Waals surface area contributed by atoms with Gasteiger partial charge >= 0.3 is 6.18 Å². The van der Waals surface area contributed by atoms with Crippen molar-refractivity contribution in [3.63, 3.8) is 0 Å². The number of hydrogen-bond acceptors (Lipinski definition) is 8. The Balaban J connectivity index is 1.73. The van der Waals surface area contributed by atoms with Crippen molar-refractivity contribution < 1.29 is 31.4 Å². The Morgan fingerprint density at radius 1 is 1.27 bits per heavy atom. The van der Waals surface area contributed by atoms with Gasteiger partial charge in [0.25, 0.3) is 6.02 Å². The van der Waals surface area contributed by atoms with Crippen LogP contribution in [-0.4, -0.2) is 47.0 Å². The van der Waals surface area contributed by atoms with Gasteiger partial charge in [0.05, 0.1) is 18.8 Å². The standard InChI is InChI=1S/C20H17F5N6O2/c1-32-15-8-28-16-13(30-15)4-5-27-17(16)29-10-2-3-12(22)11(6-10)19(9-21)7-14(20(23,24)25)31-18(26)33-19/h2-6,8,14H,7,9H2,1H3,(H2,26,31)(H,27,29)/t14-,19+/m0/s1. The van der Waals surface area contributed by atoms with E-state index in [1.165, 1.54) is 25.6 Å². The van der Waals surface area contributed by atoms with E-state index in [4.69, 9.17) is 15.2 Å². The Labute approximate surface area is 183 Å². The highest BCUT2D eigenvalue weighted by Gasteiger charge is 2.52. The maximum Gasteiger partial charge on any atom is 0.411 e. The van der Waals surface area contributed by atoms with Gasteiger partial charge in [-0.25, -0.2) is 28.7 Å². The van der Waals surface area contributed by atoms with Crippen molar-refractivity contribution in [2.24, 2.45) is 10.7 Å². The number of methoxy groups -OCH3 is 1. The van der Waals surface area contributed by atoms with Crippen LogP contribution in [0.4, 0.5) is 33.5 Å². The summed E-state index contributed by atoms with van der Waals surface area (Å²) < 4.78 is 79.0. The molecule has 13 heteroatoms. The van der Waals surface area contributed by atoms with Crippen molar-refractivity contribution in [3.05, 3.63) is 48.0 Å². The molecular weight excluding hydrogens is 451 g/mol. The third-order valence-corrected chi connectivity index (χ3v) is 5.07. The van der Waals surface area contributed by atoms with Crippen LogP contribution in [0.3, 0.4) is 0 Å². The zero-order valence-electron chi connectivity index (χ0n) is 17.0. The number of nitrogens with two attached hydrogens (primary N) is 1. The molecule has 0 aliphatic carbocycles. The summed E-state index contributed by atoms with van der Waals surface area (Å²) in [4.78, 5) is 15.8. The number of aliphatic imine (C=N–C) groups is 1. The SMILES string of the molecule is COc1cnc2c(Nc3ccc(F)c([C@]4(CF)C[C@@H](C(F)(F)F)N=C(N)O4)c3)nccc2n1. The minimum atomic E-state index is -4.81. The average molecular weight is 468 g/mol. The third-order valence-electron chi connectivity index (χ3n) is 5.07. The molecule has 0 unspecified atom stereocenters. The van der Waals surface area contributed by atoms with Gasteiger partial charge in [0, 0.05) is 23.9 Å². The molecule has 0 saturated carbocycles. The second kappa shape index (κ2) is 8.30. The van der Waals surface area contributed by atoms with Gasteiger partial charge in [-0.3, -0.25) is 0 Å². The highest BCUT2D eigenvalue weighted by atomic mass is 19.4. The van der Waals surface area contributed by atoms with E-state index in [2.05, 4.69) is 25.3 Å². The fraction of sp³-hybridized carbons (Fsp3) is 0.300. The van der Waals surface area contributed by atoms with Crippen molar-refractivity contribution in [3.8, 4) is 5.88 Å². The molecule has 3 N–H and O–H groups in total. The summed E-state index contributed by atoms with van der Waals surface area (Å²) in [7, 11) is 1.44. The van der Waals surface area contributed by atoms with E-state index in [-0.39, 0.29) is 17.4 Å². The number of fused-ring (bicyclic) bond motifs is 1. The number of benzene rings is 1. The van der Waals surface area contributed by atoms with Gasteiger partial charge in [-0.15, -0.1) is 0 Å². The first-order valence-corrected chi connectivity index (χ1v) is 9.53. The summed E-state index contributed by atoms with van der Waals surface area (Å²) in [5.41, 5.74) is 3.63. The number of ether oxygens (including phenoxy) is 2. The second-order valence-corrected chi connectivity index (χ2v) is 7.22. The minimum absolute atomic E-state index is 0.199. The number of rotatable bonds is 5. The molecule has 0 fully saturated rings. The lowest BCUT2D eigenvalue weighted by molar-refractivity contribution is -0.167. The van der Waals surface area contributed by atoms with Gasteiger partial charge in [-0.05, 0) is 24.3 Å². The topological polar surface area (TPSA) is 108 Å². The van der Waals surface area contributed by atoms with E-state index in [1.807, 2.05) is 0 Å². The summed E-state index contributed by atoms with van der Waals surface area (Å²) >= 11 is 0. The van der Waals surface area contributed by atoms with E-state index < -0.39 is 48.3 Å². The molecule has 0 bridgehead atoms. The van der Waals surface area contributed by atoms with E-state index in [0.717, 1.165) is 12.1 Å². The Morgan fingerprint density at radius 2 is 2.06 bits per heavy atom. The molecule has 0 spiro atoms. The van der Waals surface area contributed by atoms with Crippen LogP contribution in [0.25, 0.3) is 11.0 Å². The predicted molar refractivity (Wildman–Crippen MR) is 108 cm³/mol. The van der Waals surface area contributed by atoms with Crippen LogP contribution < -0.4 is 15.8 Å². The third kappa shape index (κ3) is 4.30. The van der Waals surface area contributed by atoms with Crippen LogP contribution in [-0.2, 0) is 10.3 Å². The Kier molecular flexibility index (Phi) is 5.64. The maximum atomic E-state index is 14.7. The zero-order valence-corrected chi connectivity index (χ0v) is 17.0. The molecule has 2 aromatic heterocycles. The monoisotopic (exact) mass is 468 g/mol. The van der Waals surface area contributed by atoms with Gasteiger partial charge in [-0.1, -0.05) is 0 Å². The van der Waals surface area contributed by atoms with Crippen molar-refractivity contribution in [2.75, 3.05) is 19.1 Å². The van der Waals surface area contributed by atoms with E-state index in [1.54, 1.807) is 6.07 Å². The molecule has 1 aliphatic heterocycles. The van der Waals surface area contributed by atoms with Crippen LogP contribution >= 0.6 is 0 Å². The number of hydrogen-bond donors (Lipinski definition) is 2. The van der Waals surface area contributed by atoms with Crippen LogP contribution in [0.15, 0.2) is 41.7 Å². The van der Waals surface area contributed by atoms with Crippen molar-refractivity contribution in [2.45, 2.75) is 24.2 Å². The lowest BCUT2D eigenvalue weighted by atomic mass is 9.86. The molecule has 0 saturated heterocycles. The number of nitrogens with one attached hydrogen (secondary N) is 1. The molecule has 2 atom stereocenters. The maximum absolute atomic E-state index is 14.7. The Hall–Kier alpha value is -3.77. The normalized spacial score (nSPS) is 20.8. The molecular formula is C20H17F5N6O2. The average Bonchev–Trinajstić information content (AvgIpc) is 2.79. The van der Waals surface area contributed by atoms with E-state index >= 15 is 0 Å². The van der Waals surface area contributed by atoms with Crippen molar-refractivity contribution in [1.82, 2.24) is 15.0 Å². The number of alkyl halides is 4. The summed E-state index contributed by atoms with van der Waals surface area (Å²) in [5, 5.41) is 2.90. The number of aromatic nitrogens is 3. The quantitative estimate of drug-likeness (QED) is 0.549. The molecule has 4 rings (SSSR count). The van der Waals surface area contributed by atoms with Gasteiger partial charge < -0.3 is 20.5 Å². The van der Waals surface area contributed by atoms with E-state index in [0.29, 0.717) is 11.0 Å². The molecule has 3 heterocycles. The molecule has 0 amide bonds. The highest BCUT2D eigenvalue weighted by Crippen LogP contribution is 2.42. The van der Waals surface area contributed by atoms with Crippen molar-refractivity contribution in [1.29, 1.82) is 0 Å². The Morgan fingerprint density at radius 3 is 2.76 bits per heavy atom. The Bertz CT molecular complexity index is 1220. The molecule has 1 aromatic carbocycles. The second-order valence-electron chi connectivity index (χ2n) is 7.22.